The molecular weight excluding hydrogens is 390 g/mol. The van der Waals surface area contributed by atoms with Gasteiger partial charge in [0.05, 0.1) is 17.0 Å². The molecule has 3 aliphatic rings. The van der Waals surface area contributed by atoms with Crippen molar-refractivity contribution in [3.63, 3.8) is 0 Å². The zero-order chi connectivity index (χ0) is 19.4. The molecule has 2 atom stereocenters. The number of amides is 4. The van der Waals surface area contributed by atoms with Crippen LogP contribution >= 0.6 is 11.3 Å². The standard InChI is InChI=1S/C17H21N3O5S2/c1-16(6-8-27(24,25)10-16)18-13(21)9-20-14(22)17(19-15(20)23)5-2-3-12-11(17)4-7-26-12/h4,7H,2-3,5-6,8-10H2,1H3,(H,18,21)(H,19,23)/t16-,17-/m0/s1. The van der Waals surface area contributed by atoms with E-state index in [-0.39, 0.29) is 11.5 Å². The molecule has 3 heterocycles. The van der Waals surface area contributed by atoms with Crippen molar-refractivity contribution in [2.24, 2.45) is 0 Å². The lowest BCUT2D eigenvalue weighted by atomic mass is 9.80. The Hall–Kier alpha value is -1.94. The second kappa shape index (κ2) is 6.03. The van der Waals surface area contributed by atoms with Crippen LogP contribution in [0.2, 0.25) is 0 Å². The highest BCUT2D eigenvalue weighted by atomic mass is 32.2. The number of sulfone groups is 1. The van der Waals surface area contributed by atoms with Gasteiger partial charge in [-0.3, -0.25) is 14.5 Å². The van der Waals surface area contributed by atoms with Crippen LogP contribution in [0.25, 0.3) is 0 Å². The number of imide groups is 1. The molecule has 1 aliphatic carbocycles. The summed E-state index contributed by atoms with van der Waals surface area (Å²) < 4.78 is 23.4. The van der Waals surface area contributed by atoms with Gasteiger partial charge in [-0.15, -0.1) is 11.3 Å². The van der Waals surface area contributed by atoms with E-state index in [1.807, 2.05) is 11.4 Å². The van der Waals surface area contributed by atoms with Gasteiger partial charge in [-0.1, -0.05) is 0 Å². The number of fused-ring (bicyclic) bond motifs is 2. The molecule has 27 heavy (non-hydrogen) atoms. The van der Waals surface area contributed by atoms with Crippen molar-refractivity contribution in [3.8, 4) is 0 Å². The van der Waals surface area contributed by atoms with E-state index in [1.165, 1.54) is 0 Å². The van der Waals surface area contributed by atoms with E-state index < -0.39 is 45.3 Å². The van der Waals surface area contributed by atoms with E-state index in [9.17, 15) is 22.8 Å². The second-order valence-corrected chi connectivity index (χ2v) is 11.0. The normalized spacial score (nSPS) is 31.8. The van der Waals surface area contributed by atoms with E-state index in [1.54, 1.807) is 18.3 Å². The molecule has 0 unspecified atom stereocenters. The van der Waals surface area contributed by atoms with Gasteiger partial charge in [0.2, 0.25) is 5.91 Å². The average molecular weight is 412 g/mol. The third kappa shape index (κ3) is 3.04. The number of rotatable bonds is 3. The van der Waals surface area contributed by atoms with Crippen molar-refractivity contribution in [2.75, 3.05) is 18.1 Å². The number of hydrogen-bond acceptors (Lipinski definition) is 6. The Labute approximate surface area is 161 Å². The first kappa shape index (κ1) is 18.4. The summed E-state index contributed by atoms with van der Waals surface area (Å²) in [6.07, 6.45) is 2.50. The summed E-state index contributed by atoms with van der Waals surface area (Å²) in [5.74, 6) is -1.05. The molecular formula is C17H21N3O5S2. The predicted molar refractivity (Wildman–Crippen MR) is 99.0 cm³/mol. The fourth-order valence-corrected chi connectivity index (χ4v) is 7.41. The Balaban J connectivity index is 1.50. The first-order chi connectivity index (χ1) is 12.6. The molecule has 0 radical (unpaired) electrons. The lowest BCUT2D eigenvalue weighted by Gasteiger charge is -2.31. The molecule has 10 heteroatoms. The van der Waals surface area contributed by atoms with Gasteiger partial charge in [0.15, 0.2) is 9.84 Å². The van der Waals surface area contributed by atoms with Crippen molar-refractivity contribution >= 4 is 39.0 Å². The maximum atomic E-state index is 13.1. The SMILES string of the molecule is C[C@]1(NC(=O)CN2C(=O)N[C@]3(CCCc4sccc43)C2=O)CCS(=O)(=O)C1. The summed E-state index contributed by atoms with van der Waals surface area (Å²) in [7, 11) is -3.17. The molecule has 2 N–H and O–H groups in total. The van der Waals surface area contributed by atoms with E-state index in [2.05, 4.69) is 10.6 Å². The Morgan fingerprint density at radius 2 is 2.15 bits per heavy atom. The predicted octanol–water partition coefficient (Wildman–Crippen LogP) is 0.525. The smallest absolute Gasteiger partial charge is 0.325 e. The van der Waals surface area contributed by atoms with Gasteiger partial charge in [0, 0.05) is 10.4 Å². The molecule has 4 amide bonds. The van der Waals surface area contributed by atoms with Gasteiger partial charge in [0.1, 0.15) is 12.1 Å². The fraction of sp³-hybridized carbons (Fsp3) is 0.588. The number of urea groups is 1. The van der Waals surface area contributed by atoms with Crippen LogP contribution < -0.4 is 10.6 Å². The summed E-state index contributed by atoms with van der Waals surface area (Å²) >= 11 is 1.57. The summed E-state index contributed by atoms with van der Waals surface area (Å²) in [5.41, 5.74) is -1.11. The monoisotopic (exact) mass is 411 g/mol. The third-order valence-electron chi connectivity index (χ3n) is 5.58. The summed E-state index contributed by atoms with van der Waals surface area (Å²) in [4.78, 5) is 40.0. The number of nitrogens with one attached hydrogen (secondary N) is 2. The third-order valence-corrected chi connectivity index (χ3v) is 8.47. The summed E-state index contributed by atoms with van der Waals surface area (Å²) in [6, 6.07) is 1.28. The number of thiophene rings is 1. The minimum absolute atomic E-state index is 0.0248. The molecule has 1 aromatic rings. The van der Waals surface area contributed by atoms with E-state index in [0.29, 0.717) is 12.8 Å². The maximum Gasteiger partial charge on any atom is 0.325 e. The quantitative estimate of drug-likeness (QED) is 0.705. The molecule has 2 fully saturated rings. The molecule has 8 nitrogen and oxygen atoms in total. The number of nitrogens with zero attached hydrogens (tertiary/aromatic N) is 1. The van der Waals surface area contributed by atoms with Crippen LogP contribution in [0.15, 0.2) is 11.4 Å². The van der Waals surface area contributed by atoms with Gasteiger partial charge < -0.3 is 10.6 Å². The first-order valence-electron chi connectivity index (χ1n) is 8.87. The highest BCUT2D eigenvalue weighted by Gasteiger charge is 2.54. The zero-order valence-electron chi connectivity index (χ0n) is 14.9. The van der Waals surface area contributed by atoms with Crippen LogP contribution in [0.1, 0.15) is 36.6 Å². The van der Waals surface area contributed by atoms with Crippen molar-refractivity contribution in [2.45, 2.75) is 43.7 Å². The van der Waals surface area contributed by atoms with Crippen LogP contribution in [0.5, 0.6) is 0 Å². The Bertz CT molecular complexity index is 940. The molecule has 4 rings (SSSR count). The Morgan fingerprint density at radius 3 is 2.85 bits per heavy atom. The minimum atomic E-state index is -3.17. The Kier molecular flexibility index (Phi) is 4.12. The van der Waals surface area contributed by atoms with Gasteiger partial charge in [-0.05, 0) is 44.1 Å². The van der Waals surface area contributed by atoms with Gasteiger partial charge >= 0.3 is 6.03 Å². The van der Waals surface area contributed by atoms with Crippen LogP contribution in [0.4, 0.5) is 4.79 Å². The number of hydrogen-bond donors (Lipinski definition) is 2. The average Bonchev–Trinajstić information content (AvgIpc) is 3.21. The molecule has 0 aromatic carbocycles. The highest BCUT2D eigenvalue weighted by molar-refractivity contribution is 7.91. The molecule has 1 spiro atoms. The molecule has 0 bridgehead atoms. The van der Waals surface area contributed by atoms with Crippen LogP contribution in [0.3, 0.4) is 0 Å². The molecule has 2 aliphatic heterocycles. The van der Waals surface area contributed by atoms with E-state index in [0.717, 1.165) is 28.2 Å². The van der Waals surface area contributed by atoms with Crippen LogP contribution in [-0.4, -0.2) is 54.8 Å². The number of carbonyl (C=O) groups excluding carboxylic acids is 3. The number of aryl methyl sites for hydroxylation is 1. The van der Waals surface area contributed by atoms with Crippen molar-refractivity contribution in [1.29, 1.82) is 0 Å². The van der Waals surface area contributed by atoms with Crippen molar-refractivity contribution < 1.29 is 22.8 Å². The summed E-state index contributed by atoms with van der Waals surface area (Å²) in [5, 5.41) is 7.41. The molecule has 0 saturated carbocycles. The van der Waals surface area contributed by atoms with Crippen molar-refractivity contribution in [1.82, 2.24) is 15.5 Å². The maximum absolute atomic E-state index is 13.1. The van der Waals surface area contributed by atoms with Crippen LogP contribution in [0, 0.1) is 0 Å². The molecule has 146 valence electrons. The van der Waals surface area contributed by atoms with Crippen LogP contribution in [-0.2, 0) is 31.4 Å². The van der Waals surface area contributed by atoms with Crippen molar-refractivity contribution in [3.05, 3.63) is 21.9 Å². The lowest BCUT2D eigenvalue weighted by molar-refractivity contribution is -0.136. The number of carbonyl (C=O) groups is 3. The van der Waals surface area contributed by atoms with E-state index >= 15 is 0 Å². The van der Waals surface area contributed by atoms with Gasteiger partial charge in [-0.2, -0.15) is 0 Å². The van der Waals surface area contributed by atoms with Gasteiger partial charge in [-0.25, -0.2) is 13.2 Å². The summed E-state index contributed by atoms with van der Waals surface area (Å²) in [6.45, 7) is 1.25. The zero-order valence-corrected chi connectivity index (χ0v) is 16.5. The molecule has 2 saturated heterocycles. The first-order valence-corrected chi connectivity index (χ1v) is 11.6. The van der Waals surface area contributed by atoms with Gasteiger partial charge in [0.25, 0.3) is 5.91 Å². The second-order valence-electron chi connectivity index (χ2n) is 7.79. The largest absolute Gasteiger partial charge is 0.348 e. The molecule has 1 aromatic heterocycles. The minimum Gasteiger partial charge on any atom is -0.348 e. The topological polar surface area (TPSA) is 113 Å². The fourth-order valence-electron chi connectivity index (χ4n) is 4.31. The lowest BCUT2D eigenvalue weighted by Crippen LogP contribution is -2.51. The van der Waals surface area contributed by atoms with E-state index in [4.69, 9.17) is 0 Å². The Morgan fingerprint density at radius 1 is 1.37 bits per heavy atom. The highest BCUT2D eigenvalue weighted by Crippen LogP contribution is 2.42.